The first-order chi connectivity index (χ1) is 17.5. The molecular formula is C28H58N4O4S2. The minimum Gasteiger partial charge on any atom is -0.379 e. The Bertz CT molecular complexity index is 684. The highest BCUT2D eigenvalue weighted by Gasteiger charge is 2.32. The van der Waals surface area contributed by atoms with Crippen LogP contribution in [0, 0.1) is 5.41 Å². The van der Waals surface area contributed by atoms with Gasteiger partial charge in [0.15, 0.2) is 0 Å². The molecule has 1 aliphatic rings. The Morgan fingerprint density at radius 3 is 2.11 bits per heavy atom. The standard InChI is InChI=1S/C28H58N4O4S2/c1-10-29-23(33)21-28(8,9)36-20-13-26(4,5)32-17-15-31(16-18-32)14-11-27(6,7)35-19-12-25(2,3)24(34)30-22-38-37/h23,29,33,37H,10-22H2,1-9H3,(H,30,34). The number of carbonyl (C=O) groups excluding carboxylic acids is 1. The van der Waals surface area contributed by atoms with Gasteiger partial charge in [-0.1, -0.05) is 31.6 Å². The highest BCUT2D eigenvalue weighted by molar-refractivity contribution is 8.68. The van der Waals surface area contributed by atoms with Gasteiger partial charge in [-0.2, -0.15) is 0 Å². The van der Waals surface area contributed by atoms with Gasteiger partial charge in [-0.15, -0.1) is 11.7 Å². The molecule has 0 aliphatic carbocycles. The van der Waals surface area contributed by atoms with Crippen molar-refractivity contribution in [2.75, 3.05) is 58.4 Å². The fourth-order valence-electron chi connectivity index (χ4n) is 4.68. The zero-order chi connectivity index (χ0) is 29.0. The van der Waals surface area contributed by atoms with Gasteiger partial charge < -0.3 is 24.8 Å². The van der Waals surface area contributed by atoms with Crippen molar-refractivity contribution in [2.45, 2.75) is 111 Å². The van der Waals surface area contributed by atoms with Gasteiger partial charge in [0.05, 0.1) is 17.1 Å². The van der Waals surface area contributed by atoms with Crippen LogP contribution in [0.4, 0.5) is 0 Å². The van der Waals surface area contributed by atoms with E-state index in [1.807, 2.05) is 34.6 Å². The summed E-state index contributed by atoms with van der Waals surface area (Å²) in [7, 11) is 1.31. The number of aliphatic hydroxyl groups is 1. The van der Waals surface area contributed by atoms with E-state index in [9.17, 15) is 9.90 Å². The third kappa shape index (κ3) is 14.0. The molecule has 10 heteroatoms. The molecule has 226 valence electrons. The van der Waals surface area contributed by atoms with E-state index >= 15 is 0 Å². The minimum atomic E-state index is -0.535. The molecule has 0 aromatic carbocycles. The van der Waals surface area contributed by atoms with Crippen molar-refractivity contribution in [2.24, 2.45) is 5.41 Å². The summed E-state index contributed by atoms with van der Waals surface area (Å²) in [4.78, 5) is 17.4. The van der Waals surface area contributed by atoms with Gasteiger partial charge in [0.1, 0.15) is 6.23 Å². The second-order valence-corrected chi connectivity index (χ2v) is 14.4. The summed E-state index contributed by atoms with van der Waals surface area (Å²) in [6.45, 7) is 26.1. The zero-order valence-electron chi connectivity index (χ0n) is 25.7. The van der Waals surface area contributed by atoms with Gasteiger partial charge in [0.25, 0.3) is 0 Å². The second kappa shape index (κ2) is 16.4. The van der Waals surface area contributed by atoms with Gasteiger partial charge in [-0.25, -0.2) is 0 Å². The highest BCUT2D eigenvalue weighted by Crippen LogP contribution is 2.26. The lowest BCUT2D eigenvalue weighted by Gasteiger charge is -2.45. The monoisotopic (exact) mass is 578 g/mol. The average Bonchev–Trinajstić information content (AvgIpc) is 2.80. The van der Waals surface area contributed by atoms with E-state index in [1.165, 1.54) is 10.8 Å². The van der Waals surface area contributed by atoms with Crippen LogP contribution < -0.4 is 10.6 Å². The Balaban J connectivity index is 2.36. The molecule has 8 nitrogen and oxygen atoms in total. The predicted octanol–water partition coefficient (Wildman–Crippen LogP) is 4.14. The lowest BCUT2D eigenvalue weighted by atomic mass is 9.88. The Morgan fingerprint density at radius 1 is 0.947 bits per heavy atom. The quantitative estimate of drug-likeness (QED) is 0.103. The fraction of sp³-hybridized carbons (Fsp3) is 0.964. The molecule has 0 saturated carbocycles. The third-order valence-corrected chi connectivity index (χ3v) is 8.38. The summed E-state index contributed by atoms with van der Waals surface area (Å²) < 4.78 is 12.4. The number of carbonyl (C=O) groups is 1. The maximum atomic E-state index is 12.3. The summed E-state index contributed by atoms with van der Waals surface area (Å²) in [5, 5.41) is 16.0. The van der Waals surface area contributed by atoms with Crippen LogP contribution in [0.15, 0.2) is 0 Å². The van der Waals surface area contributed by atoms with Crippen LogP contribution >= 0.6 is 22.5 Å². The molecule has 0 spiro atoms. The first-order valence-electron chi connectivity index (χ1n) is 14.2. The van der Waals surface area contributed by atoms with Crippen molar-refractivity contribution in [3.8, 4) is 0 Å². The molecule has 0 aromatic heterocycles. The molecule has 1 aliphatic heterocycles. The topological polar surface area (TPSA) is 86.3 Å². The van der Waals surface area contributed by atoms with E-state index in [0.29, 0.717) is 31.9 Å². The smallest absolute Gasteiger partial charge is 0.226 e. The number of hydrogen-bond acceptors (Lipinski definition) is 9. The van der Waals surface area contributed by atoms with Gasteiger partial charge in [0.2, 0.25) is 5.91 Å². The Kier molecular flexibility index (Phi) is 15.5. The molecule has 1 amide bonds. The molecule has 1 atom stereocenters. The van der Waals surface area contributed by atoms with Gasteiger partial charge in [-0.3, -0.25) is 15.0 Å². The number of nitrogens with zero attached hydrogens (tertiary/aromatic N) is 2. The Labute approximate surface area is 242 Å². The Hall–Kier alpha value is -0.0700. The molecule has 38 heavy (non-hydrogen) atoms. The number of nitrogens with one attached hydrogen (secondary N) is 2. The van der Waals surface area contributed by atoms with E-state index in [2.05, 4.69) is 59.8 Å². The van der Waals surface area contributed by atoms with E-state index in [1.54, 1.807) is 0 Å². The largest absolute Gasteiger partial charge is 0.379 e. The SMILES string of the molecule is CCNC(O)CC(C)(C)OCCC(C)(C)N1CCN(CCC(C)(C)OCCC(C)(C)C(=O)NCSS)CC1. The lowest BCUT2D eigenvalue weighted by Crippen LogP contribution is -2.55. The first kappa shape index (κ1) is 36.0. The molecule has 0 radical (unpaired) electrons. The van der Waals surface area contributed by atoms with E-state index in [0.717, 1.165) is 52.1 Å². The van der Waals surface area contributed by atoms with Crippen LogP contribution in [-0.2, 0) is 14.3 Å². The van der Waals surface area contributed by atoms with E-state index in [4.69, 9.17) is 9.47 Å². The highest BCUT2D eigenvalue weighted by atomic mass is 33.1. The maximum Gasteiger partial charge on any atom is 0.226 e. The number of thiol groups is 1. The minimum absolute atomic E-state index is 0.0413. The summed E-state index contributed by atoms with van der Waals surface area (Å²) in [5.74, 6) is 0.551. The molecule has 1 unspecified atom stereocenters. The first-order valence-corrected chi connectivity index (χ1v) is 16.3. The van der Waals surface area contributed by atoms with Crippen molar-refractivity contribution in [1.82, 2.24) is 20.4 Å². The zero-order valence-corrected chi connectivity index (χ0v) is 27.4. The molecule has 1 heterocycles. The van der Waals surface area contributed by atoms with Crippen LogP contribution in [0.25, 0.3) is 0 Å². The predicted molar refractivity (Wildman–Crippen MR) is 164 cm³/mol. The fourth-order valence-corrected chi connectivity index (χ4v) is 5.07. The molecular weight excluding hydrogens is 520 g/mol. The molecule has 1 fully saturated rings. The van der Waals surface area contributed by atoms with Gasteiger partial charge in [-0.05, 0) is 67.3 Å². The maximum absolute atomic E-state index is 12.3. The van der Waals surface area contributed by atoms with Gasteiger partial charge in [0, 0.05) is 63.3 Å². The lowest BCUT2D eigenvalue weighted by molar-refractivity contribution is -0.131. The Morgan fingerprint density at radius 2 is 1.53 bits per heavy atom. The number of piperazine rings is 1. The summed E-state index contributed by atoms with van der Waals surface area (Å²) in [5.41, 5.74) is -0.986. The van der Waals surface area contributed by atoms with Crippen molar-refractivity contribution in [3.05, 3.63) is 0 Å². The summed E-state index contributed by atoms with van der Waals surface area (Å²) in [6.07, 6.45) is 2.64. The molecule has 3 N–H and O–H groups in total. The summed E-state index contributed by atoms with van der Waals surface area (Å²) >= 11 is 4.08. The molecule has 1 saturated heterocycles. The molecule has 1 rings (SSSR count). The van der Waals surface area contributed by atoms with Crippen LogP contribution in [0.3, 0.4) is 0 Å². The van der Waals surface area contributed by atoms with Crippen LogP contribution in [0.2, 0.25) is 0 Å². The van der Waals surface area contributed by atoms with Crippen molar-refractivity contribution < 1.29 is 19.4 Å². The van der Waals surface area contributed by atoms with Crippen LogP contribution in [0.1, 0.15) is 88.0 Å². The van der Waals surface area contributed by atoms with Gasteiger partial charge >= 0.3 is 0 Å². The number of ether oxygens (including phenoxy) is 2. The number of amides is 1. The van der Waals surface area contributed by atoms with E-state index < -0.39 is 11.6 Å². The van der Waals surface area contributed by atoms with Crippen LogP contribution in [0.5, 0.6) is 0 Å². The third-order valence-electron chi connectivity index (χ3n) is 7.72. The number of aliphatic hydroxyl groups excluding tert-OH is 1. The number of rotatable bonds is 19. The van der Waals surface area contributed by atoms with Crippen LogP contribution in [-0.4, -0.2) is 102 Å². The molecule has 0 aromatic rings. The van der Waals surface area contributed by atoms with Crippen molar-refractivity contribution >= 4 is 28.4 Å². The average molecular weight is 579 g/mol. The normalized spacial score (nSPS) is 17.6. The second-order valence-electron chi connectivity index (χ2n) is 13.0. The molecule has 0 bridgehead atoms. The van der Waals surface area contributed by atoms with E-state index in [-0.39, 0.29) is 22.6 Å². The van der Waals surface area contributed by atoms with Crippen molar-refractivity contribution in [1.29, 1.82) is 0 Å². The van der Waals surface area contributed by atoms with Crippen molar-refractivity contribution in [3.63, 3.8) is 0 Å². The summed E-state index contributed by atoms with van der Waals surface area (Å²) in [6, 6.07) is 0. The number of hydrogen-bond donors (Lipinski definition) is 4.